The first kappa shape index (κ1) is 19.4. The molecule has 0 bridgehead atoms. The Hall–Kier alpha value is -1.89. The molecule has 1 aromatic heterocycles. The standard InChI is InChI=1S/C11H12N2OS.CH3F.2FH/c1-12-11(8-13-5-6-15-13)9-3-2-4-10(14)7-9;1-2;;/h2-8,12,14H,1H3;1H3;2*1H/b11-8-;;;. The van der Waals surface area contributed by atoms with Gasteiger partial charge in [0.25, 0.3) is 0 Å². The van der Waals surface area contributed by atoms with E-state index in [4.69, 9.17) is 0 Å². The van der Waals surface area contributed by atoms with Crippen LogP contribution in [-0.4, -0.2) is 23.3 Å². The molecule has 0 aliphatic rings. The summed E-state index contributed by atoms with van der Waals surface area (Å²) in [6, 6.07) is 7.18. The number of hydrogen-bond donors (Lipinski definition) is 2. The van der Waals surface area contributed by atoms with Crippen molar-refractivity contribution in [3.63, 3.8) is 0 Å². The Labute approximate surface area is 113 Å². The second-order valence-corrected chi connectivity index (χ2v) is 4.00. The van der Waals surface area contributed by atoms with E-state index >= 15 is 0 Å². The lowest BCUT2D eigenvalue weighted by Crippen LogP contribution is -2.05. The van der Waals surface area contributed by atoms with Crippen molar-refractivity contribution in [2.24, 2.45) is 0 Å². The molecule has 108 valence electrons. The first-order chi connectivity index (χ1) is 8.29. The molecule has 1 heterocycles. The zero-order valence-corrected chi connectivity index (χ0v) is 11.4. The van der Waals surface area contributed by atoms with Crippen molar-refractivity contribution in [3.8, 4) is 5.75 Å². The van der Waals surface area contributed by atoms with E-state index in [0.29, 0.717) is 7.18 Å². The van der Waals surface area contributed by atoms with Crippen LogP contribution in [0.5, 0.6) is 5.75 Å². The van der Waals surface area contributed by atoms with Crippen LogP contribution in [-0.2, 0) is 0 Å². The van der Waals surface area contributed by atoms with Gasteiger partial charge >= 0.3 is 0 Å². The van der Waals surface area contributed by atoms with Crippen molar-refractivity contribution in [3.05, 3.63) is 41.4 Å². The molecule has 7 heteroatoms. The summed E-state index contributed by atoms with van der Waals surface area (Å²) < 4.78 is 11.5. The predicted octanol–water partition coefficient (Wildman–Crippen LogP) is 3.32. The van der Waals surface area contributed by atoms with E-state index in [1.54, 1.807) is 23.7 Å². The Morgan fingerprint density at radius 2 is 2.00 bits per heavy atom. The zero-order valence-electron chi connectivity index (χ0n) is 10.5. The van der Waals surface area contributed by atoms with Crippen molar-refractivity contribution < 1.29 is 18.9 Å². The summed E-state index contributed by atoms with van der Waals surface area (Å²) in [6.45, 7) is 0. The van der Waals surface area contributed by atoms with Crippen LogP contribution in [0.1, 0.15) is 5.56 Å². The quantitative estimate of drug-likeness (QED) is 0.911. The maximum Gasteiger partial charge on any atom is 0.116 e. The van der Waals surface area contributed by atoms with E-state index in [2.05, 4.69) is 5.32 Å². The SMILES string of the molecule is CF.CN/C(=C\n1ccs1)c1cccc(O)c1.F.F. The summed E-state index contributed by atoms with van der Waals surface area (Å²) in [7, 11) is 2.37. The lowest BCUT2D eigenvalue weighted by atomic mass is 10.1. The van der Waals surface area contributed by atoms with Crippen molar-refractivity contribution >= 4 is 23.4 Å². The zero-order chi connectivity index (χ0) is 12.7. The molecule has 0 unspecified atom stereocenters. The summed E-state index contributed by atoms with van der Waals surface area (Å²) in [5.41, 5.74) is 1.95. The highest BCUT2D eigenvalue weighted by molar-refractivity contribution is 7.05. The molecule has 0 aliphatic heterocycles. The van der Waals surface area contributed by atoms with E-state index in [1.165, 1.54) is 0 Å². The fraction of sp³-hybridized carbons (Fsp3) is 0.167. The third-order valence-electron chi connectivity index (χ3n) is 2.07. The van der Waals surface area contributed by atoms with Gasteiger partial charge < -0.3 is 10.4 Å². The molecule has 1 aromatic carbocycles. The summed E-state index contributed by atoms with van der Waals surface area (Å²) in [5, 5.41) is 14.5. The van der Waals surface area contributed by atoms with Crippen LogP contribution in [0.2, 0.25) is 0 Å². The van der Waals surface area contributed by atoms with Crippen LogP contribution in [0.25, 0.3) is 11.9 Å². The molecule has 19 heavy (non-hydrogen) atoms. The molecular weight excluding hydrogens is 277 g/mol. The van der Waals surface area contributed by atoms with E-state index in [0.717, 1.165) is 11.3 Å². The van der Waals surface area contributed by atoms with E-state index < -0.39 is 0 Å². The van der Waals surface area contributed by atoms with Crippen LogP contribution in [0.4, 0.5) is 13.8 Å². The number of phenolic OH excluding ortho intramolecular Hbond substituents is 1. The Bertz CT molecular complexity index is 474. The average Bonchev–Trinajstić information content (AvgIpc) is 2.30. The number of alkyl halides is 1. The van der Waals surface area contributed by atoms with E-state index in [-0.39, 0.29) is 15.2 Å². The van der Waals surface area contributed by atoms with Crippen molar-refractivity contribution in [1.82, 2.24) is 9.27 Å². The highest BCUT2D eigenvalue weighted by Gasteiger charge is 2.00. The molecule has 2 aromatic rings. The Balaban J connectivity index is 0. The third kappa shape index (κ3) is 5.52. The van der Waals surface area contributed by atoms with Crippen LogP contribution < -0.4 is 5.32 Å². The Morgan fingerprint density at radius 1 is 1.37 bits per heavy atom. The van der Waals surface area contributed by atoms with Gasteiger partial charge in [0.2, 0.25) is 0 Å². The van der Waals surface area contributed by atoms with E-state index in [9.17, 15) is 9.50 Å². The normalized spacial score (nSPS) is 9.53. The number of nitrogens with zero attached hydrogens (tertiary/aromatic N) is 1. The molecule has 0 aliphatic carbocycles. The Kier molecular flexibility index (Phi) is 10.3. The third-order valence-corrected chi connectivity index (χ3v) is 2.79. The van der Waals surface area contributed by atoms with Crippen molar-refractivity contribution in [2.45, 2.75) is 0 Å². The topological polar surface area (TPSA) is 37.2 Å². The van der Waals surface area contributed by atoms with Crippen molar-refractivity contribution in [2.75, 3.05) is 14.2 Å². The summed E-state index contributed by atoms with van der Waals surface area (Å²) in [4.78, 5) is 0. The van der Waals surface area contributed by atoms with Gasteiger partial charge in [-0.3, -0.25) is 17.8 Å². The molecule has 0 saturated heterocycles. The van der Waals surface area contributed by atoms with Crippen LogP contribution in [0, 0.1) is 0 Å². The molecule has 0 spiro atoms. The predicted molar refractivity (Wildman–Crippen MR) is 75.7 cm³/mol. The van der Waals surface area contributed by atoms with Gasteiger partial charge in [0, 0.05) is 30.4 Å². The summed E-state index contributed by atoms with van der Waals surface area (Å²) in [5.74, 6) is 0.278. The van der Waals surface area contributed by atoms with E-state index in [1.807, 2.05) is 40.9 Å². The number of hydrogen-bond acceptors (Lipinski definition) is 3. The van der Waals surface area contributed by atoms with Gasteiger partial charge in [-0.2, -0.15) is 0 Å². The fourth-order valence-electron chi connectivity index (χ4n) is 1.29. The number of phenols is 1. The second kappa shape index (κ2) is 10.1. The first-order valence-electron chi connectivity index (χ1n) is 4.98. The molecule has 0 fully saturated rings. The average molecular weight is 294 g/mol. The van der Waals surface area contributed by atoms with Crippen molar-refractivity contribution in [1.29, 1.82) is 0 Å². The summed E-state index contributed by atoms with van der Waals surface area (Å²) in [6.07, 6.45) is 3.96. The highest BCUT2D eigenvalue weighted by Crippen LogP contribution is 2.18. The maximum absolute atomic E-state index is 9.50. The van der Waals surface area contributed by atoms with Crippen LogP contribution >= 0.6 is 11.5 Å². The number of benzene rings is 1. The minimum absolute atomic E-state index is 0. The molecule has 2 rings (SSSR count). The number of halogens is 3. The lowest BCUT2D eigenvalue weighted by molar-refractivity contribution is 0.475. The van der Waals surface area contributed by atoms with Gasteiger partial charge in [-0.05, 0) is 12.1 Å². The largest absolute Gasteiger partial charge is 0.508 e. The number of rotatable bonds is 3. The maximum atomic E-state index is 9.50. The molecule has 0 atom stereocenters. The van der Waals surface area contributed by atoms with Gasteiger partial charge in [-0.25, -0.2) is 0 Å². The number of aromatic hydroxyl groups is 1. The van der Waals surface area contributed by atoms with Gasteiger partial charge in [0.05, 0.1) is 12.9 Å². The smallest absolute Gasteiger partial charge is 0.116 e. The summed E-state index contributed by atoms with van der Waals surface area (Å²) >= 11 is 1.62. The molecule has 3 nitrogen and oxygen atoms in total. The minimum atomic E-state index is 0. The first-order valence-corrected chi connectivity index (χ1v) is 5.82. The molecule has 2 N–H and O–H groups in total. The molecule has 0 radical (unpaired) electrons. The lowest BCUT2D eigenvalue weighted by Gasteiger charge is -2.09. The van der Waals surface area contributed by atoms with Crippen LogP contribution in [0.15, 0.2) is 35.8 Å². The molecule has 0 saturated carbocycles. The minimum Gasteiger partial charge on any atom is -0.508 e. The number of aromatic nitrogens is 1. The van der Waals surface area contributed by atoms with Gasteiger partial charge in [0.1, 0.15) is 5.75 Å². The van der Waals surface area contributed by atoms with Gasteiger partial charge in [0.15, 0.2) is 0 Å². The van der Waals surface area contributed by atoms with Gasteiger partial charge in [-0.1, -0.05) is 23.7 Å². The number of nitrogens with one attached hydrogen (secondary N) is 1. The molecule has 0 amide bonds. The fourth-order valence-corrected chi connectivity index (χ4v) is 1.72. The molecular formula is C12H17F3N2OS. The monoisotopic (exact) mass is 294 g/mol. The van der Waals surface area contributed by atoms with Gasteiger partial charge in [-0.15, -0.1) is 0 Å². The second-order valence-electron chi connectivity index (χ2n) is 3.09. The highest BCUT2D eigenvalue weighted by atomic mass is 32.1. The van der Waals surface area contributed by atoms with Crippen LogP contribution in [0.3, 0.4) is 0 Å². The Morgan fingerprint density at radius 3 is 2.42 bits per heavy atom.